The highest BCUT2D eigenvalue weighted by molar-refractivity contribution is 6.00. The normalized spacial score (nSPS) is 27.1. The highest BCUT2D eigenvalue weighted by atomic mass is 16.2. The first-order valence-electron chi connectivity index (χ1n) is 8.58. The summed E-state index contributed by atoms with van der Waals surface area (Å²) < 4.78 is 0. The first kappa shape index (κ1) is 16.3. The second kappa shape index (κ2) is 6.37. The van der Waals surface area contributed by atoms with Crippen LogP contribution in [-0.2, 0) is 9.59 Å². The molecule has 1 aliphatic carbocycles. The van der Waals surface area contributed by atoms with Crippen molar-refractivity contribution in [3.8, 4) is 0 Å². The van der Waals surface area contributed by atoms with E-state index in [-0.39, 0.29) is 29.8 Å². The van der Waals surface area contributed by atoms with Gasteiger partial charge in [0, 0.05) is 6.04 Å². The minimum Gasteiger partial charge on any atom is -0.342 e. The van der Waals surface area contributed by atoms with Crippen LogP contribution >= 0.6 is 0 Å². The van der Waals surface area contributed by atoms with Crippen molar-refractivity contribution in [2.75, 3.05) is 0 Å². The molecule has 4 nitrogen and oxygen atoms in total. The van der Waals surface area contributed by atoms with Gasteiger partial charge in [0.15, 0.2) is 0 Å². The molecule has 1 heterocycles. The smallest absolute Gasteiger partial charge is 0.246 e. The molecule has 1 N–H and O–H groups in total. The maximum absolute atomic E-state index is 13.0. The Kier molecular flexibility index (Phi) is 4.95. The number of nitrogens with one attached hydrogen (secondary N) is 1. The van der Waals surface area contributed by atoms with Gasteiger partial charge in [0.1, 0.15) is 11.6 Å². The molecular weight excluding hydrogens is 264 g/mol. The fourth-order valence-corrected chi connectivity index (χ4v) is 4.05. The zero-order chi connectivity index (χ0) is 15.6. The van der Waals surface area contributed by atoms with Gasteiger partial charge in [-0.05, 0) is 32.1 Å². The molecule has 0 aromatic rings. The quantitative estimate of drug-likeness (QED) is 0.866. The molecule has 2 unspecified atom stereocenters. The number of hydrogen-bond donors (Lipinski definition) is 1. The molecule has 2 aliphatic rings. The van der Waals surface area contributed by atoms with Crippen molar-refractivity contribution in [2.45, 2.75) is 90.3 Å². The van der Waals surface area contributed by atoms with Crippen molar-refractivity contribution in [2.24, 2.45) is 5.92 Å². The summed E-state index contributed by atoms with van der Waals surface area (Å²) in [5.41, 5.74) is -0.574. The minimum atomic E-state index is -0.574. The van der Waals surface area contributed by atoms with Gasteiger partial charge >= 0.3 is 0 Å². The Balaban J connectivity index is 2.37. The Morgan fingerprint density at radius 2 is 1.81 bits per heavy atom. The lowest BCUT2D eigenvalue weighted by Crippen LogP contribution is -2.73. The van der Waals surface area contributed by atoms with E-state index in [2.05, 4.69) is 19.2 Å². The number of carbonyl (C=O) groups is 2. The van der Waals surface area contributed by atoms with Crippen LogP contribution < -0.4 is 5.32 Å². The lowest BCUT2D eigenvalue weighted by atomic mass is 9.75. The fourth-order valence-electron chi connectivity index (χ4n) is 4.05. The zero-order valence-corrected chi connectivity index (χ0v) is 13.9. The molecular formula is C17H30N2O2. The van der Waals surface area contributed by atoms with Crippen molar-refractivity contribution in [1.29, 1.82) is 0 Å². The van der Waals surface area contributed by atoms with Gasteiger partial charge in [-0.1, -0.05) is 46.5 Å². The lowest BCUT2D eigenvalue weighted by Gasteiger charge is -2.53. The van der Waals surface area contributed by atoms with Gasteiger partial charge in [0.25, 0.3) is 0 Å². The Bertz CT molecular complexity index is 400. The topological polar surface area (TPSA) is 49.4 Å². The van der Waals surface area contributed by atoms with Crippen LogP contribution in [0.1, 0.15) is 72.6 Å². The number of nitrogens with zero attached hydrogens (tertiary/aromatic N) is 1. The van der Waals surface area contributed by atoms with Gasteiger partial charge in [0.05, 0.1) is 0 Å². The molecule has 0 aromatic heterocycles. The maximum atomic E-state index is 13.0. The molecule has 2 amide bonds. The number of hydrogen-bond acceptors (Lipinski definition) is 2. The van der Waals surface area contributed by atoms with Crippen molar-refractivity contribution in [3.05, 3.63) is 0 Å². The van der Waals surface area contributed by atoms with Crippen molar-refractivity contribution in [3.63, 3.8) is 0 Å². The predicted octanol–water partition coefficient (Wildman–Crippen LogP) is 2.86. The summed E-state index contributed by atoms with van der Waals surface area (Å²) >= 11 is 0. The van der Waals surface area contributed by atoms with Gasteiger partial charge in [0.2, 0.25) is 11.8 Å². The molecule has 120 valence electrons. The summed E-state index contributed by atoms with van der Waals surface area (Å²) in [5, 5.41) is 3.02. The van der Waals surface area contributed by atoms with Gasteiger partial charge in [-0.2, -0.15) is 0 Å². The predicted molar refractivity (Wildman–Crippen MR) is 83.8 cm³/mol. The maximum Gasteiger partial charge on any atom is 0.246 e. The largest absolute Gasteiger partial charge is 0.342 e. The molecule has 2 fully saturated rings. The monoisotopic (exact) mass is 294 g/mol. The lowest BCUT2D eigenvalue weighted by molar-refractivity contribution is -0.165. The third-order valence-corrected chi connectivity index (χ3v) is 5.17. The highest BCUT2D eigenvalue weighted by Gasteiger charge is 2.54. The highest BCUT2D eigenvalue weighted by Crippen LogP contribution is 2.39. The second-order valence-corrected chi connectivity index (χ2v) is 7.13. The van der Waals surface area contributed by atoms with E-state index < -0.39 is 5.54 Å². The van der Waals surface area contributed by atoms with Crippen molar-refractivity contribution >= 4 is 11.8 Å². The summed E-state index contributed by atoms with van der Waals surface area (Å²) in [6.07, 6.45) is 6.91. The molecule has 1 spiro atoms. The first-order valence-corrected chi connectivity index (χ1v) is 8.58. The summed E-state index contributed by atoms with van der Waals surface area (Å²) in [7, 11) is 0. The van der Waals surface area contributed by atoms with Crippen LogP contribution in [0.5, 0.6) is 0 Å². The Labute approximate surface area is 128 Å². The van der Waals surface area contributed by atoms with Crippen LogP contribution in [0.15, 0.2) is 0 Å². The van der Waals surface area contributed by atoms with Gasteiger partial charge in [-0.15, -0.1) is 0 Å². The Hall–Kier alpha value is -1.06. The molecule has 0 bridgehead atoms. The van der Waals surface area contributed by atoms with Crippen LogP contribution in [0.2, 0.25) is 0 Å². The molecule has 0 aromatic carbocycles. The molecule has 1 saturated heterocycles. The third-order valence-electron chi connectivity index (χ3n) is 5.17. The van der Waals surface area contributed by atoms with E-state index >= 15 is 0 Å². The van der Waals surface area contributed by atoms with E-state index in [9.17, 15) is 9.59 Å². The number of carbonyl (C=O) groups excluding carboxylic acids is 2. The summed E-state index contributed by atoms with van der Waals surface area (Å²) in [5.74, 6) is 0.356. The van der Waals surface area contributed by atoms with Gasteiger partial charge in [-0.3, -0.25) is 9.59 Å². The van der Waals surface area contributed by atoms with E-state index in [0.717, 1.165) is 38.5 Å². The summed E-state index contributed by atoms with van der Waals surface area (Å²) in [6, 6.07) is -0.211. The third kappa shape index (κ3) is 2.82. The first-order chi connectivity index (χ1) is 9.94. The number of rotatable bonds is 4. The van der Waals surface area contributed by atoms with Gasteiger partial charge < -0.3 is 10.2 Å². The fraction of sp³-hybridized carbons (Fsp3) is 0.882. The SMILES string of the molecule is CCCC(C)N1C(=O)C(C(C)C)NC(=O)C12CCCCC2. The van der Waals surface area contributed by atoms with Crippen LogP contribution in [0.4, 0.5) is 0 Å². The summed E-state index contributed by atoms with van der Waals surface area (Å²) in [6.45, 7) is 8.25. The molecule has 2 rings (SSSR count). The van der Waals surface area contributed by atoms with E-state index in [1.165, 1.54) is 6.42 Å². The molecule has 21 heavy (non-hydrogen) atoms. The van der Waals surface area contributed by atoms with Crippen LogP contribution in [0.3, 0.4) is 0 Å². The average Bonchev–Trinajstić information content (AvgIpc) is 2.44. The number of piperazine rings is 1. The Morgan fingerprint density at radius 1 is 1.19 bits per heavy atom. The molecule has 4 heteroatoms. The minimum absolute atomic E-state index is 0.0865. The molecule has 1 aliphatic heterocycles. The van der Waals surface area contributed by atoms with Crippen LogP contribution in [-0.4, -0.2) is 34.3 Å². The average molecular weight is 294 g/mol. The van der Waals surface area contributed by atoms with Crippen LogP contribution in [0, 0.1) is 5.92 Å². The Morgan fingerprint density at radius 3 is 2.33 bits per heavy atom. The molecule has 0 radical (unpaired) electrons. The zero-order valence-electron chi connectivity index (χ0n) is 13.9. The van der Waals surface area contributed by atoms with E-state index in [1.807, 2.05) is 18.7 Å². The second-order valence-electron chi connectivity index (χ2n) is 7.13. The molecule has 2 atom stereocenters. The van der Waals surface area contributed by atoms with Crippen molar-refractivity contribution in [1.82, 2.24) is 10.2 Å². The number of amides is 2. The summed E-state index contributed by atoms with van der Waals surface area (Å²) in [4.78, 5) is 27.8. The molecule has 1 saturated carbocycles. The van der Waals surface area contributed by atoms with Gasteiger partial charge in [-0.25, -0.2) is 0 Å². The standard InChI is InChI=1S/C17H30N2O2/c1-5-9-13(4)19-15(20)14(12(2)3)18-16(21)17(19)10-7-6-8-11-17/h12-14H,5-11H2,1-4H3,(H,18,21). The van der Waals surface area contributed by atoms with Crippen LogP contribution in [0.25, 0.3) is 0 Å². The van der Waals surface area contributed by atoms with Crippen molar-refractivity contribution < 1.29 is 9.59 Å². The van der Waals surface area contributed by atoms with E-state index in [4.69, 9.17) is 0 Å². The van der Waals surface area contributed by atoms with E-state index in [1.54, 1.807) is 0 Å². The van der Waals surface area contributed by atoms with E-state index in [0.29, 0.717) is 0 Å².